The van der Waals surface area contributed by atoms with Crippen LogP contribution in [0.15, 0.2) is 45.3 Å². The fourth-order valence-corrected chi connectivity index (χ4v) is 2.79. The Hall–Kier alpha value is -0.870. The van der Waals surface area contributed by atoms with Crippen LogP contribution in [0.25, 0.3) is 11.1 Å². The molecule has 1 nitrogen and oxygen atoms in total. The molecule has 88 valence electrons. The third kappa shape index (κ3) is 2.53. The van der Waals surface area contributed by atoms with Gasteiger partial charge in [-0.15, -0.1) is 0 Å². The van der Waals surface area contributed by atoms with Gasteiger partial charge < -0.3 is 4.74 Å². The Bertz CT molecular complexity index is 555. The van der Waals surface area contributed by atoms with Crippen LogP contribution in [0.4, 0.5) is 4.39 Å². The van der Waals surface area contributed by atoms with Gasteiger partial charge in [-0.1, -0.05) is 34.1 Å². The molecule has 2 rings (SSSR count). The van der Waals surface area contributed by atoms with Crippen LogP contribution in [0.3, 0.4) is 0 Å². The van der Waals surface area contributed by atoms with Gasteiger partial charge in [-0.05, 0) is 39.7 Å². The smallest absolute Gasteiger partial charge is 0.133 e. The summed E-state index contributed by atoms with van der Waals surface area (Å²) >= 11 is 6.85. The van der Waals surface area contributed by atoms with E-state index in [1.807, 2.05) is 18.2 Å². The lowest BCUT2D eigenvalue weighted by Crippen LogP contribution is -1.88. The van der Waals surface area contributed by atoms with Crippen molar-refractivity contribution in [3.05, 3.63) is 51.2 Å². The molecule has 0 aliphatic rings. The van der Waals surface area contributed by atoms with E-state index in [4.69, 9.17) is 4.74 Å². The highest BCUT2D eigenvalue weighted by Crippen LogP contribution is 2.38. The SMILES string of the molecule is COc1cccc(-c2ccc(F)cc2Br)c1Br. The van der Waals surface area contributed by atoms with Crippen molar-refractivity contribution in [2.75, 3.05) is 7.11 Å². The fraction of sp³-hybridized carbons (Fsp3) is 0.0769. The van der Waals surface area contributed by atoms with Crippen molar-refractivity contribution in [2.45, 2.75) is 0 Å². The van der Waals surface area contributed by atoms with Crippen molar-refractivity contribution in [3.63, 3.8) is 0 Å². The van der Waals surface area contributed by atoms with E-state index in [1.54, 1.807) is 13.2 Å². The van der Waals surface area contributed by atoms with E-state index in [0.717, 1.165) is 21.3 Å². The van der Waals surface area contributed by atoms with Crippen LogP contribution in [0.5, 0.6) is 5.75 Å². The van der Waals surface area contributed by atoms with E-state index < -0.39 is 0 Å². The number of benzene rings is 2. The van der Waals surface area contributed by atoms with Crippen LogP contribution in [0.1, 0.15) is 0 Å². The Kier molecular flexibility index (Phi) is 3.84. The molecule has 0 saturated heterocycles. The van der Waals surface area contributed by atoms with Gasteiger partial charge in [0.05, 0.1) is 11.6 Å². The summed E-state index contributed by atoms with van der Waals surface area (Å²) in [4.78, 5) is 0. The highest BCUT2D eigenvalue weighted by atomic mass is 79.9. The first kappa shape index (κ1) is 12.6. The van der Waals surface area contributed by atoms with Crippen LogP contribution < -0.4 is 4.74 Å². The second kappa shape index (κ2) is 5.19. The molecule has 2 aromatic rings. The molecule has 0 aliphatic heterocycles. The molecule has 4 heteroatoms. The number of ether oxygens (including phenoxy) is 1. The highest BCUT2D eigenvalue weighted by Gasteiger charge is 2.11. The lowest BCUT2D eigenvalue weighted by atomic mass is 10.1. The van der Waals surface area contributed by atoms with E-state index in [1.165, 1.54) is 12.1 Å². The predicted molar refractivity (Wildman–Crippen MR) is 73.8 cm³/mol. The summed E-state index contributed by atoms with van der Waals surface area (Å²) in [7, 11) is 1.61. The Morgan fingerprint density at radius 1 is 1.06 bits per heavy atom. The van der Waals surface area contributed by atoms with Gasteiger partial charge in [0.25, 0.3) is 0 Å². The Morgan fingerprint density at radius 2 is 1.82 bits per heavy atom. The normalized spacial score (nSPS) is 10.4. The molecule has 0 atom stereocenters. The molecule has 0 bridgehead atoms. The Balaban J connectivity index is 2.60. The molecule has 0 unspecified atom stereocenters. The number of halogens is 3. The van der Waals surface area contributed by atoms with E-state index in [-0.39, 0.29) is 5.82 Å². The first-order chi connectivity index (χ1) is 8.13. The summed E-state index contributed by atoms with van der Waals surface area (Å²) in [6, 6.07) is 10.3. The molecular weight excluding hydrogens is 351 g/mol. The average Bonchev–Trinajstić information content (AvgIpc) is 2.30. The summed E-state index contributed by atoms with van der Waals surface area (Å²) in [5.41, 5.74) is 1.87. The van der Waals surface area contributed by atoms with Crippen LogP contribution in [-0.2, 0) is 0 Å². The number of hydrogen-bond donors (Lipinski definition) is 0. The second-order valence-electron chi connectivity index (χ2n) is 3.45. The molecule has 0 saturated carbocycles. The molecule has 0 aromatic heterocycles. The van der Waals surface area contributed by atoms with Crippen molar-refractivity contribution in [3.8, 4) is 16.9 Å². The zero-order valence-corrected chi connectivity index (χ0v) is 12.2. The van der Waals surface area contributed by atoms with E-state index in [2.05, 4.69) is 31.9 Å². The molecule has 17 heavy (non-hydrogen) atoms. The first-order valence-corrected chi connectivity index (χ1v) is 6.50. The van der Waals surface area contributed by atoms with Gasteiger partial charge in [-0.2, -0.15) is 0 Å². The van der Waals surface area contributed by atoms with Crippen molar-refractivity contribution in [1.82, 2.24) is 0 Å². The lowest BCUT2D eigenvalue weighted by Gasteiger charge is -2.10. The summed E-state index contributed by atoms with van der Waals surface area (Å²) in [6.07, 6.45) is 0. The zero-order valence-electron chi connectivity index (χ0n) is 9.01. The van der Waals surface area contributed by atoms with Crippen LogP contribution in [0.2, 0.25) is 0 Å². The monoisotopic (exact) mass is 358 g/mol. The standard InChI is InChI=1S/C13H9Br2FO/c1-17-12-4-2-3-10(13(12)15)9-6-5-8(16)7-11(9)14/h2-7H,1H3. The van der Waals surface area contributed by atoms with Gasteiger partial charge in [0, 0.05) is 10.0 Å². The minimum absolute atomic E-state index is 0.264. The molecule has 0 fully saturated rings. The molecular formula is C13H9Br2FO. The molecule has 0 spiro atoms. The summed E-state index contributed by atoms with van der Waals surface area (Å²) < 4.78 is 19.8. The maximum Gasteiger partial charge on any atom is 0.133 e. The van der Waals surface area contributed by atoms with Crippen LogP contribution in [-0.4, -0.2) is 7.11 Å². The van der Waals surface area contributed by atoms with Gasteiger partial charge in [0.1, 0.15) is 11.6 Å². The van der Waals surface area contributed by atoms with Gasteiger partial charge in [-0.3, -0.25) is 0 Å². The molecule has 2 aromatic carbocycles. The highest BCUT2D eigenvalue weighted by molar-refractivity contribution is 9.11. The molecule has 0 aliphatic carbocycles. The third-order valence-electron chi connectivity index (χ3n) is 2.40. The first-order valence-electron chi connectivity index (χ1n) is 4.91. The topological polar surface area (TPSA) is 9.23 Å². The van der Waals surface area contributed by atoms with Gasteiger partial charge in [0.2, 0.25) is 0 Å². The quantitative estimate of drug-likeness (QED) is 0.730. The molecule has 0 radical (unpaired) electrons. The van der Waals surface area contributed by atoms with E-state index >= 15 is 0 Å². The lowest BCUT2D eigenvalue weighted by molar-refractivity contribution is 0.412. The third-order valence-corrected chi connectivity index (χ3v) is 3.88. The van der Waals surface area contributed by atoms with E-state index in [9.17, 15) is 4.39 Å². The van der Waals surface area contributed by atoms with Crippen molar-refractivity contribution in [2.24, 2.45) is 0 Å². The van der Waals surface area contributed by atoms with Gasteiger partial charge in [-0.25, -0.2) is 4.39 Å². The fourth-order valence-electron chi connectivity index (χ4n) is 1.58. The number of hydrogen-bond acceptors (Lipinski definition) is 1. The number of rotatable bonds is 2. The van der Waals surface area contributed by atoms with Gasteiger partial charge in [0.15, 0.2) is 0 Å². The summed E-state index contributed by atoms with van der Waals surface area (Å²) in [5.74, 6) is 0.485. The summed E-state index contributed by atoms with van der Waals surface area (Å²) in [6.45, 7) is 0. The van der Waals surface area contributed by atoms with Crippen molar-refractivity contribution >= 4 is 31.9 Å². The Morgan fingerprint density at radius 3 is 2.47 bits per heavy atom. The maximum atomic E-state index is 13.0. The maximum absolute atomic E-state index is 13.0. The largest absolute Gasteiger partial charge is 0.496 e. The number of methoxy groups -OCH3 is 1. The average molecular weight is 360 g/mol. The predicted octanol–water partition coefficient (Wildman–Crippen LogP) is 5.03. The molecule has 0 heterocycles. The van der Waals surface area contributed by atoms with Gasteiger partial charge >= 0.3 is 0 Å². The summed E-state index contributed by atoms with van der Waals surface area (Å²) in [5, 5.41) is 0. The van der Waals surface area contributed by atoms with Crippen LogP contribution >= 0.6 is 31.9 Å². The van der Waals surface area contributed by atoms with Crippen molar-refractivity contribution < 1.29 is 9.13 Å². The minimum Gasteiger partial charge on any atom is -0.496 e. The second-order valence-corrected chi connectivity index (χ2v) is 5.09. The van der Waals surface area contributed by atoms with E-state index in [0.29, 0.717) is 4.47 Å². The Labute approximate surface area is 116 Å². The molecule has 0 N–H and O–H groups in total. The zero-order chi connectivity index (χ0) is 12.4. The minimum atomic E-state index is -0.264. The van der Waals surface area contributed by atoms with Crippen LogP contribution in [0, 0.1) is 5.82 Å². The van der Waals surface area contributed by atoms with Crippen molar-refractivity contribution in [1.29, 1.82) is 0 Å². The molecule has 0 amide bonds.